The zero-order chi connectivity index (χ0) is 20.4. The highest BCUT2D eigenvalue weighted by Crippen LogP contribution is 2.35. The number of hydrogen-bond donors (Lipinski definition) is 1. The molecule has 29 heavy (non-hydrogen) atoms. The highest BCUT2D eigenvalue weighted by Gasteiger charge is 2.41. The number of carbonyl (C=O) groups excluding carboxylic acids is 2. The summed E-state index contributed by atoms with van der Waals surface area (Å²) in [5, 5.41) is 8.86. The van der Waals surface area contributed by atoms with Crippen LogP contribution in [0.25, 0.3) is 0 Å². The molecule has 2 aromatic rings. The Balaban J connectivity index is 1.50. The Bertz CT molecular complexity index is 941. The summed E-state index contributed by atoms with van der Waals surface area (Å²) in [4.78, 5) is 44.4. The van der Waals surface area contributed by atoms with Crippen molar-refractivity contribution in [3.05, 3.63) is 48.2 Å². The molecular weight excluding hydrogens is 390 g/mol. The molecule has 1 N–H and O–H groups in total. The van der Waals surface area contributed by atoms with Gasteiger partial charge in [0.05, 0.1) is 16.5 Å². The fourth-order valence-corrected chi connectivity index (χ4v) is 4.82. The molecule has 1 aromatic carbocycles. The van der Waals surface area contributed by atoms with E-state index < -0.39 is 11.2 Å². The fraction of sp³-hybridized carbons (Fsp3) is 0.333. The predicted molar refractivity (Wildman–Crippen MR) is 110 cm³/mol. The average Bonchev–Trinajstić information content (AvgIpc) is 3.02. The van der Waals surface area contributed by atoms with Gasteiger partial charge < -0.3 is 10.0 Å². The molecule has 0 saturated carbocycles. The molecule has 0 spiro atoms. The summed E-state index contributed by atoms with van der Waals surface area (Å²) in [6.07, 6.45) is 5.11. The van der Waals surface area contributed by atoms with Gasteiger partial charge in [-0.3, -0.25) is 9.59 Å². The maximum Gasteiger partial charge on any atom is 0.338 e. The second-order valence-electron chi connectivity index (χ2n) is 7.10. The van der Waals surface area contributed by atoms with Crippen LogP contribution in [0.15, 0.2) is 47.6 Å². The van der Waals surface area contributed by atoms with Gasteiger partial charge in [-0.15, -0.1) is 0 Å². The van der Waals surface area contributed by atoms with Crippen LogP contribution < -0.4 is 9.80 Å². The molecule has 0 radical (unpaired) electrons. The molecule has 3 heterocycles. The lowest BCUT2D eigenvalue weighted by molar-refractivity contribution is -0.121. The Labute approximate surface area is 172 Å². The lowest BCUT2D eigenvalue weighted by atomic mass is 10.1. The van der Waals surface area contributed by atoms with Crippen molar-refractivity contribution < 1.29 is 19.5 Å². The number of benzene rings is 1. The summed E-state index contributed by atoms with van der Waals surface area (Å²) in [6.45, 7) is 2.05. The van der Waals surface area contributed by atoms with Gasteiger partial charge in [-0.25, -0.2) is 14.7 Å². The maximum atomic E-state index is 12.9. The number of piperidine rings is 1. The van der Waals surface area contributed by atoms with Gasteiger partial charge in [-0.2, -0.15) is 0 Å². The second kappa shape index (κ2) is 8.24. The van der Waals surface area contributed by atoms with E-state index in [0.29, 0.717) is 5.69 Å². The SMILES string of the molecule is O=C(O)c1cccnc1SC1CC(=O)N(c2ccc(N3CCCCC3)cc2)C1=O. The van der Waals surface area contributed by atoms with Gasteiger partial charge in [0.15, 0.2) is 0 Å². The Hall–Kier alpha value is -2.87. The normalized spacial score (nSPS) is 19.7. The van der Waals surface area contributed by atoms with E-state index in [2.05, 4.69) is 9.88 Å². The number of thioether (sulfide) groups is 1. The van der Waals surface area contributed by atoms with Crippen molar-refractivity contribution in [2.45, 2.75) is 36.0 Å². The molecule has 2 aliphatic heterocycles. The minimum atomic E-state index is -1.11. The third kappa shape index (κ3) is 3.98. The smallest absolute Gasteiger partial charge is 0.338 e. The molecule has 0 bridgehead atoms. The number of rotatable bonds is 5. The molecule has 150 valence electrons. The van der Waals surface area contributed by atoms with Crippen LogP contribution in [0.3, 0.4) is 0 Å². The number of hydrogen-bond acceptors (Lipinski definition) is 6. The Kier molecular flexibility index (Phi) is 5.53. The van der Waals surface area contributed by atoms with Crippen molar-refractivity contribution in [3.8, 4) is 0 Å². The summed E-state index contributed by atoms with van der Waals surface area (Å²) in [5.74, 6) is -1.73. The number of anilines is 2. The van der Waals surface area contributed by atoms with E-state index in [1.807, 2.05) is 12.1 Å². The van der Waals surface area contributed by atoms with E-state index in [1.165, 1.54) is 42.5 Å². The lowest BCUT2D eigenvalue weighted by Gasteiger charge is -2.29. The molecule has 8 heteroatoms. The summed E-state index contributed by atoms with van der Waals surface area (Å²) in [6, 6.07) is 10.5. The van der Waals surface area contributed by atoms with Gasteiger partial charge in [0.1, 0.15) is 5.03 Å². The number of amides is 2. The minimum Gasteiger partial charge on any atom is -0.478 e. The highest BCUT2D eigenvalue weighted by atomic mass is 32.2. The van der Waals surface area contributed by atoms with Crippen LogP contribution in [-0.2, 0) is 9.59 Å². The van der Waals surface area contributed by atoms with Crippen molar-refractivity contribution >= 4 is 40.9 Å². The van der Waals surface area contributed by atoms with Gasteiger partial charge in [0.25, 0.3) is 0 Å². The topological polar surface area (TPSA) is 90.8 Å². The van der Waals surface area contributed by atoms with Crippen molar-refractivity contribution in [3.63, 3.8) is 0 Å². The number of pyridine rings is 1. The number of aromatic nitrogens is 1. The summed E-state index contributed by atoms with van der Waals surface area (Å²) in [5.41, 5.74) is 1.67. The van der Waals surface area contributed by atoms with E-state index in [0.717, 1.165) is 30.5 Å². The predicted octanol–water partition coefficient (Wildman–Crippen LogP) is 3.19. The number of nitrogens with zero attached hydrogens (tertiary/aromatic N) is 3. The second-order valence-corrected chi connectivity index (χ2v) is 8.29. The molecule has 4 rings (SSSR count). The number of aromatic carboxylic acids is 1. The molecule has 2 amide bonds. The minimum absolute atomic E-state index is 0.0208. The van der Waals surface area contributed by atoms with Crippen LogP contribution in [0.5, 0.6) is 0 Å². The first-order valence-electron chi connectivity index (χ1n) is 9.61. The van der Waals surface area contributed by atoms with Gasteiger partial charge in [0, 0.05) is 31.4 Å². The zero-order valence-electron chi connectivity index (χ0n) is 15.8. The van der Waals surface area contributed by atoms with E-state index in [1.54, 1.807) is 12.1 Å². The van der Waals surface area contributed by atoms with Gasteiger partial charge in [0.2, 0.25) is 11.8 Å². The number of carboxylic acid groups (broad SMARTS) is 1. The first-order chi connectivity index (χ1) is 14.0. The van der Waals surface area contributed by atoms with Crippen molar-refractivity contribution in [1.29, 1.82) is 0 Å². The molecule has 2 aliphatic rings. The standard InChI is InChI=1S/C21H21N3O4S/c25-18-13-17(29-19-16(21(27)28)5-4-10-22-19)20(26)24(18)15-8-6-14(7-9-15)23-11-2-1-3-12-23/h4-10,17H,1-3,11-13H2,(H,27,28). The fourth-order valence-electron chi connectivity index (χ4n) is 3.71. The Morgan fingerprint density at radius 1 is 1.03 bits per heavy atom. The van der Waals surface area contributed by atoms with Crippen LogP contribution in [0.2, 0.25) is 0 Å². The monoisotopic (exact) mass is 411 g/mol. The summed E-state index contributed by atoms with van der Waals surface area (Å²) < 4.78 is 0. The Morgan fingerprint density at radius 2 is 1.72 bits per heavy atom. The van der Waals surface area contributed by atoms with Crippen LogP contribution in [0.4, 0.5) is 11.4 Å². The van der Waals surface area contributed by atoms with Crippen molar-refractivity contribution in [2.24, 2.45) is 0 Å². The average molecular weight is 411 g/mol. The number of carbonyl (C=O) groups is 3. The van der Waals surface area contributed by atoms with Gasteiger partial charge in [-0.1, -0.05) is 11.8 Å². The van der Waals surface area contributed by atoms with Crippen LogP contribution in [0, 0.1) is 0 Å². The summed E-state index contributed by atoms with van der Waals surface area (Å²) in [7, 11) is 0. The molecular formula is C21H21N3O4S. The highest BCUT2D eigenvalue weighted by molar-refractivity contribution is 8.00. The van der Waals surface area contributed by atoms with E-state index in [-0.39, 0.29) is 28.8 Å². The van der Waals surface area contributed by atoms with E-state index >= 15 is 0 Å². The third-order valence-corrected chi connectivity index (χ3v) is 6.39. The third-order valence-electron chi connectivity index (χ3n) is 5.19. The zero-order valence-corrected chi connectivity index (χ0v) is 16.6. The molecule has 1 unspecified atom stereocenters. The molecule has 7 nitrogen and oxygen atoms in total. The van der Waals surface area contributed by atoms with Crippen LogP contribution >= 0.6 is 11.8 Å². The van der Waals surface area contributed by atoms with E-state index in [9.17, 15) is 19.5 Å². The first kappa shape index (κ1) is 19.4. The first-order valence-corrected chi connectivity index (χ1v) is 10.5. The van der Waals surface area contributed by atoms with Gasteiger partial charge in [-0.05, 0) is 55.7 Å². The molecule has 2 saturated heterocycles. The number of carboxylic acids is 1. The van der Waals surface area contributed by atoms with Crippen LogP contribution in [-0.4, -0.2) is 46.2 Å². The van der Waals surface area contributed by atoms with E-state index in [4.69, 9.17) is 0 Å². The quantitative estimate of drug-likeness (QED) is 0.756. The molecule has 2 fully saturated rings. The van der Waals surface area contributed by atoms with Gasteiger partial charge >= 0.3 is 5.97 Å². The lowest BCUT2D eigenvalue weighted by Crippen LogP contribution is -2.31. The molecule has 1 aromatic heterocycles. The number of imide groups is 1. The largest absolute Gasteiger partial charge is 0.478 e. The van der Waals surface area contributed by atoms with Crippen LogP contribution in [0.1, 0.15) is 36.0 Å². The summed E-state index contributed by atoms with van der Waals surface area (Å²) >= 11 is 1.03. The Morgan fingerprint density at radius 3 is 2.41 bits per heavy atom. The molecule has 0 aliphatic carbocycles. The molecule has 1 atom stereocenters. The van der Waals surface area contributed by atoms with Crippen molar-refractivity contribution in [2.75, 3.05) is 22.9 Å². The maximum absolute atomic E-state index is 12.9. The van der Waals surface area contributed by atoms with Crippen molar-refractivity contribution in [1.82, 2.24) is 4.98 Å².